The van der Waals surface area contributed by atoms with Crippen LogP contribution in [-0.2, 0) is 0 Å². The average Bonchev–Trinajstić information content (AvgIpc) is 2.63. The van der Waals surface area contributed by atoms with E-state index in [1.54, 1.807) is 0 Å². The average molecular weight is 418 g/mol. The fourth-order valence-corrected chi connectivity index (χ4v) is 3.02. The maximum atomic E-state index is 14.7. The van der Waals surface area contributed by atoms with E-state index >= 15 is 0 Å². The van der Waals surface area contributed by atoms with Crippen molar-refractivity contribution >= 4 is 23.1 Å². The van der Waals surface area contributed by atoms with Gasteiger partial charge in [-0.05, 0) is 30.0 Å². The molecule has 0 saturated heterocycles. The van der Waals surface area contributed by atoms with Crippen LogP contribution < -0.4 is 16.4 Å². The predicted molar refractivity (Wildman–Crippen MR) is 88.3 cm³/mol. The Hall–Kier alpha value is -2.91. The summed E-state index contributed by atoms with van der Waals surface area (Å²) < 4.78 is 127. The van der Waals surface area contributed by atoms with Gasteiger partial charge in [0.15, 0.2) is 23.3 Å². The van der Waals surface area contributed by atoms with E-state index in [0.29, 0.717) is 12.1 Å². The van der Waals surface area contributed by atoms with Gasteiger partial charge in [0.2, 0.25) is 0 Å². The monoisotopic (exact) mass is 418 g/mol. The first-order chi connectivity index (χ1) is 13.5. The van der Waals surface area contributed by atoms with Gasteiger partial charge in [0.1, 0.15) is 29.1 Å². The SMILES string of the molecule is Cc1c(F)cc(F)c(B(c2cc(F)cc(F)c2F)c2cc(F)cc(F)c2F)c1F. The molecule has 0 spiro atoms. The molecule has 3 aromatic carbocycles. The molecule has 0 unspecified atom stereocenters. The van der Waals surface area contributed by atoms with Gasteiger partial charge in [-0.25, -0.2) is 39.5 Å². The third kappa shape index (κ3) is 3.59. The number of hydrogen-bond donors (Lipinski definition) is 0. The molecule has 0 aromatic heterocycles. The quantitative estimate of drug-likeness (QED) is 0.346. The molecule has 0 N–H and O–H groups in total. The van der Waals surface area contributed by atoms with Gasteiger partial charge in [-0.1, -0.05) is 0 Å². The molecule has 0 atom stereocenters. The van der Waals surface area contributed by atoms with Gasteiger partial charge >= 0.3 is 0 Å². The first kappa shape index (κ1) is 20.8. The summed E-state index contributed by atoms with van der Waals surface area (Å²) in [6.45, 7) is -1.50. The van der Waals surface area contributed by atoms with Crippen LogP contribution in [0, 0.1) is 59.3 Å². The first-order valence-electron chi connectivity index (χ1n) is 7.95. The van der Waals surface area contributed by atoms with Crippen molar-refractivity contribution in [2.45, 2.75) is 6.92 Å². The van der Waals surface area contributed by atoms with Crippen molar-refractivity contribution in [2.75, 3.05) is 0 Å². The lowest BCUT2D eigenvalue weighted by Crippen LogP contribution is -2.57. The standard InChI is InChI=1S/C19H8BF9/c1-7-12(23)6-13(24)16(17(7)27)20(10-2-8(21)4-14(25)18(10)28)11-3-9(22)5-15(26)19(11)29/h2-6H,1H3. The Morgan fingerprint density at radius 1 is 0.517 bits per heavy atom. The molecule has 0 saturated carbocycles. The van der Waals surface area contributed by atoms with Crippen LogP contribution in [0.2, 0.25) is 0 Å². The van der Waals surface area contributed by atoms with Crippen LogP contribution in [0.3, 0.4) is 0 Å². The second kappa shape index (κ2) is 7.49. The maximum absolute atomic E-state index is 14.7. The summed E-state index contributed by atoms with van der Waals surface area (Å²) in [5.41, 5.74) is -4.30. The second-order valence-corrected chi connectivity index (χ2v) is 6.21. The van der Waals surface area contributed by atoms with E-state index in [4.69, 9.17) is 0 Å². The van der Waals surface area contributed by atoms with Gasteiger partial charge in [0.05, 0.1) is 0 Å². The molecular formula is C19H8BF9. The fourth-order valence-electron chi connectivity index (χ4n) is 3.02. The van der Waals surface area contributed by atoms with E-state index in [9.17, 15) is 39.5 Å². The zero-order chi connectivity index (χ0) is 21.6. The Balaban J connectivity index is 2.48. The van der Waals surface area contributed by atoms with Gasteiger partial charge in [-0.3, -0.25) is 0 Å². The van der Waals surface area contributed by atoms with Crippen LogP contribution in [0.25, 0.3) is 0 Å². The molecule has 3 rings (SSSR count). The highest BCUT2D eigenvalue weighted by atomic mass is 19.2. The molecule has 0 heterocycles. The summed E-state index contributed by atoms with van der Waals surface area (Å²) in [4.78, 5) is 0. The fraction of sp³-hybridized carbons (Fsp3) is 0.0526. The largest absolute Gasteiger partial charge is 0.257 e. The van der Waals surface area contributed by atoms with E-state index in [-0.39, 0.29) is 18.2 Å². The lowest BCUT2D eigenvalue weighted by molar-refractivity contribution is 0.498. The molecule has 3 aromatic rings. The molecule has 0 bridgehead atoms. The zero-order valence-corrected chi connectivity index (χ0v) is 14.4. The van der Waals surface area contributed by atoms with Crippen molar-refractivity contribution in [3.63, 3.8) is 0 Å². The molecule has 0 fully saturated rings. The molecule has 0 aliphatic heterocycles. The van der Waals surface area contributed by atoms with Crippen LogP contribution in [0.5, 0.6) is 0 Å². The highest BCUT2D eigenvalue weighted by Crippen LogP contribution is 2.16. The lowest BCUT2D eigenvalue weighted by atomic mass is 9.36. The molecule has 0 aliphatic carbocycles. The summed E-state index contributed by atoms with van der Waals surface area (Å²) in [6.07, 6.45) is 0. The molecule has 10 heteroatoms. The Kier molecular flexibility index (Phi) is 5.38. The van der Waals surface area contributed by atoms with Crippen molar-refractivity contribution < 1.29 is 39.5 Å². The number of halogens is 9. The van der Waals surface area contributed by atoms with E-state index in [0.717, 1.165) is 6.92 Å². The molecule has 0 nitrogen and oxygen atoms in total. The third-order valence-corrected chi connectivity index (χ3v) is 4.39. The highest BCUT2D eigenvalue weighted by Gasteiger charge is 2.36. The topological polar surface area (TPSA) is 0 Å². The van der Waals surface area contributed by atoms with Crippen molar-refractivity contribution in [2.24, 2.45) is 0 Å². The Morgan fingerprint density at radius 3 is 1.41 bits per heavy atom. The molecular weight excluding hydrogens is 410 g/mol. The minimum atomic E-state index is -2.37. The van der Waals surface area contributed by atoms with Crippen molar-refractivity contribution in [3.05, 3.63) is 88.3 Å². The predicted octanol–water partition coefficient (Wildman–Crippen LogP) is 3.76. The molecule has 29 heavy (non-hydrogen) atoms. The van der Waals surface area contributed by atoms with Gasteiger partial charge < -0.3 is 0 Å². The smallest absolute Gasteiger partial charge is 0.207 e. The Bertz CT molecular complexity index is 1070. The highest BCUT2D eigenvalue weighted by molar-refractivity contribution is 6.95. The van der Waals surface area contributed by atoms with Gasteiger partial charge in [-0.15, -0.1) is 0 Å². The van der Waals surface area contributed by atoms with E-state index < -0.39 is 81.0 Å². The molecule has 0 amide bonds. The van der Waals surface area contributed by atoms with Crippen molar-refractivity contribution in [3.8, 4) is 0 Å². The van der Waals surface area contributed by atoms with E-state index in [2.05, 4.69) is 0 Å². The summed E-state index contributed by atoms with van der Waals surface area (Å²) >= 11 is 0. The van der Waals surface area contributed by atoms with Crippen LogP contribution in [0.15, 0.2) is 30.3 Å². The summed E-state index contributed by atoms with van der Waals surface area (Å²) in [7, 11) is 0. The number of rotatable bonds is 3. The van der Waals surface area contributed by atoms with E-state index in [1.165, 1.54) is 0 Å². The summed E-state index contributed by atoms with van der Waals surface area (Å²) in [5.74, 6) is -14.7. The van der Waals surface area contributed by atoms with Gasteiger partial charge in [-0.2, -0.15) is 0 Å². The minimum Gasteiger partial charge on any atom is -0.207 e. The molecule has 0 radical (unpaired) electrons. The summed E-state index contributed by atoms with van der Waals surface area (Å²) in [6, 6.07) is 0.996. The Morgan fingerprint density at radius 2 is 0.966 bits per heavy atom. The third-order valence-electron chi connectivity index (χ3n) is 4.39. The van der Waals surface area contributed by atoms with Gasteiger partial charge in [0, 0.05) is 29.2 Å². The second-order valence-electron chi connectivity index (χ2n) is 6.21. The van der Waals surface area contributed by atoms with Crippen LogP contribution in [-0.4, -0.2) is 6.71 Å². The number of benzene rings is 3. The molecule has 150 valence electrons. The van der Waals surface area contributed by atoms with Crippen molar-refractivity contribution in [1.82, 2.24) is 0 Å². The van der Waals surface area contributed by atoms with Crippen LogP contribution in [0.1, 0.15) is 5.56 Å². The lowest BCUT2D eigenvalue weighted by Gasteiger charge is -2.20. The van der Waals surface area contributed by atoms with Crippen molar-refractivity contribution in [1.29, 1.82) is 0 Å². The first-order valence-corrected chi connectivity index (χ1v) is 7.95. The normalized spacial score (nSPS) is 11.1. The van der Waals surface area contributed by atoms with E-state index in [1.807, 2.05) is 0 Å². The molecule has 0 aliphatic rings. The van der Waals surface area contributed by atoms with Crippen LogP contribution in [0.4, 0.5) is 39.5 Å². The summed E-state index contributed by atoms with van der Waals surface area (Å²) in [5, 5.41) is 0. The van der Waals surface area contributed by atoms with Crippen LogP contribution >= 0.6 is 0 Å². The Labute approximate surface area is 158 Å². The maximum Gasteiger partial charge on any atom is 0.257 e. The zero-order valence-electron chi connectivity index (χ0n) is 14.4. The minimum absolute atomic E-state index is 0.112. The number of hydrogen-bond acceptors (Lipinski definition) is 0. The van der Waals surface area contributed by atoms with Gasteiger partial charge in [0.25, 0.3) is 6.71 Å².